The molecule has 100 valence electrons. The van der Waals surface area contributed by atoms with E-state index in [0.717, 1.165) is 12.0 Å². The highest BCUT2D eigenvalue weighted by Crippen LogP contribution is 2.21. The maximum atomic E-state index is 11.1. The lowest BCUT2D eigenvalue weighted by molar-refractivity contribution is -0.145. The molecule has 4 heteroatoms. The van der Waals surface area contributed by atoms with Gasteiger partial charge in [-0.3, -0.25) is 0 Å². The second-order valence-electron chi connectivity index (χ2n) is 4.52. The van der Waals surface area contributed by atoms with Crippen LogP contribution in [0, 0.1) is 0 Å². The number of hydrogen-bond acceptors (Lipinski definition) is 3. The molecule has 0 bridgehead atoms. The van der Waals surface area contributed by atoms with Crippen molar-refractivity contribution in [3.8, 4) is 5.75 Å². The van der Waals surface area contributed by atoms with E-state index in [0.29, 0.717) is 18.6 Å². The lowest BCUT2D eigenvalue weighted by atomic mass is 10.1. The van der Waals surface area contributed by atoms with E-state index >= 15 is 0 Å². The molecule has 0 saturated carbocycles. The molecule has 0 radical (unpaired) electrons. The van der Waals surface area contributed by atoms with Crippen LogP contribution in [0.2, 0.25) is 0 Å². The fraction of sp³-hybridized carbons (Fsp3) is 0.500. The molecule has 2 unspecified atom stereocenters. The molecule has 0 saturated heterocycles. The molecular weight excluding hydrogens is 230 g/mol. The summed E-state index contributed by atoms with van der Waals surface area (Å²) in [6.45, 7) is 3.85. The van der Waals surface area contributed by atoms with Crippen LogP contribution in [-0.4, -0.2) is 23.2 Å². The molecule has 0 fully saturated rings. The summed E-state index contributed by atoms with van der Waals surface area (Å²) >= 11 is 0. The minimum atomic E-state index is -0.924. The quantitative estimate of drug-likeness (QED) is 0.779. The third-order valence-corrected chi connectivity index (χ3v) is 2.61. The predicted molar refractivity (Wildman–Crippen MR) is 70.8 cm³/mol. The SMILES string of the molecule is CCCC(Oc1ccccc1CC(C)N)C(=O)O. The standard InChI is InChI=1S/C14H21NO3/c1-3-6-13(14(16)17)18-12-8-5-4-7-11(12)9-10(2)15/h4-5,7-8,10,13H,3,6,9,15H2,1-2H3,(H,16,17). The molecule has 2 atom stereocenters. The second-order valence-corrected chi connectivity index (χ2v) is 4.52. The third-order valence-electron chi connectivity index (χ3n) is 2.61. The molecule has 0 aliphatic carbocycles. The van der Waals surface area contributed by atoms with E-state index in [9.17, 15) is 4.79 Å². The smallest absolute Gasteiger partial charge is 0.344 e. The lowest BCUT2D eigenvalue weighted by Gasteiger charge is -2.17. The number of benzene rings is 1. The van der Waals surface area contributed by atoms with Crippen molar-refractivity contribution in [3.63, 3.8) is 0 Å². The van der Waals surface area contributed by atoms with E-state index in [-0.39, 0.29) is 6.04 Å². The number of rotatable bonds is 7. The minimum absolute atomic E-state index is 0.0178. The molecule has 18 heavy (non-hydrogen) atoms. The van der Waals surface area contributed by atoms with Crippen molar-refractivity contribution >= 4 is 5.97 Å². The van der Waals surface area contributed by atoms with Gasteiger partial charge in [0.25, 0.3) is 0 Å². The average Bonchev–Trinajstić information content (AvgIpc) is 2.30. The van der Waals surface area contributed by atoms with E-state index in [1.165, 1.54) is 0 Å². The first-order valence-electron chi connectivity index (χ1n) is 6.27. The van der Waals surface area contributed by atoms with Gasteiger partial charge in [0, 0.05) is 6.04 Å². The first kappa shape index (κ1) is 14.5. The van der Waals surface area contributed by atoms with Crippen LogP contribution in [0.25, 0.3) is 0 Å². The number of carboxylic acids is 1. The van der Waals surface area contributed by atoms with Crippen LogP contribution in [-0.2, 0) is 11.2 Å². The van der Waals surface area contributed by atoms with Crippen LogP contribution in [0.3, 0.4) is 0 Å². The topological polar surface area (TPSA) is 72.5 Å². The third kappa shape index (κ3) is 4.37. The molecule has 1 rings (SSSR count). The Bertz CT molecular complexity index is 390. The Morgan fingerprint density at radius 3 is 2.67 bits per heavy atom. The van der Waals surface area contributed by atoms with Gasteiger partial charge in [0.15, 0.2) is 6.10 Å². The summed E-state index contributed by atoms with van der Waals surface area (Å²) in [6.07, 6.45) is 1.16. The number of ether oxygens (including phenoxy) is 1. The normalized spacial score (nSPS) is 13.9. The van der Waals surface area contributed by atoms with Crippen LogP contribution in [0.5, 0.6) is 5.75 Å². The molecule has 0 aliphatic rings. The number of hydrogen-bond donors (Lipinski definition) is 2. The predicted octanol–water partition coefficient (Wildman–Crippen LogP) is 2.21. The first-order chi connectivity index (χ1) is 8.54. The summed E-state index contributed by atoms with van der Waals surface area (Å²) in [4.78, 5) is 11.1. The monoisotopic (exact) mass is 251 g/mol. The van der Waals surface area contributed by atoms with E-state index in [1.807, 2.05) is 32.0 Å². The zero-order chi connectivity index (χ0) is 13.5. The fourth-order valence-corrected chi connectivity index (χ4v) is 1.78. The van der Waals surface area contributed by atoms with Gasteiger partial charge in [0.2, 0.25) is 0 Å². The van der Waals surface area contributed by atoms with E-state index < -0.39 is 12.1 Å². The zero-order valence-electron chi connectivity index (χ0n) is 10.9. The molecule has 4 nitrogen and oxygen atoms in total. The molecular formula is C14H21NO3. The average molecular weight is 251 g/mol. The molecule has 0 heterocycles. The van der Waals surface area contributed by atoms with Gasteiger partial charge in [-0.25, -0.2) is 4.79 Å². The molecule has 0 aromatic heterocycles. The minimum Gasteiger partial charge on any atom is -0.479 e. The molecule has 0 aliphatic heterocycles. The van der Waals surface area contributed by atoms with Crippen LogP contribution in [0.15, 0.2) is 24.3 Å². The van der Waals surface area contributed by atoms with Crippen LogP contribution >= 0.6 is 0 Å². The van der Waals surface area contributed by atoms with Gasteiger partial charge in [-0.05, 0) is 31.4 Å². The summed E-state index contributed by atoms with van der Waals surface area (Å²) in [7, 11) is 0. The van der Waals surface area contributed by atoms with Crippen LogP contribution in [0.1, 0.15) is 32.3 Å². The molecule has 1 aromatic rings. The zero-order valence-corrected chi connectivity index (χ0v) is 10.9. The van der Waals surface area contributed by atoms with Crippen molar-refractivity contribution in [1.29, 1.82) is 0 Å². The highest BCUT2D eigenvalue weighted by Gasteiger charge is 2.19. The number of nitrogens with two attached hydrogens (primary N) is 1. The summed E-state index contributed by atoms with van der Waals surface area (Å²) in [5.41, 5.74) is 6.72. The van der Waals surface area contributed by atoms with Gasteiger partial charge >= 0.3 is 5.97 Å². The van der Waals surface area contributed by atoms with Gasteiger partial charge in [0.1, 0.15) is 5.75 Å². The van der Waals surface area contributed by atoms with Crippen molar-refractivity contribution in [3.05, 3.63) is 29.8 Å². The van der Waals surface area contributed by atoms with Crippen LogP contribution < -0.4 is 10.5 Å². The Kier molecular flexibility index (Phi) is 5.65. The second kappa shape index (κ2) is 7.01. The van der Waals surface area contributed by atoms with Crippen molar-refractivity contribution in [2.45, 2.75) is 45.3 Å². The largest absolute Gasteiger partial charge is 0.479 e. The van der Waals surface area contributed by atoms with Gasteiger partial charge in [-0.15, -0.1) is 0 Å². The number of carbonyl (C=O) groups is 1. The Balaban J connectivity index is 2.84. The summed E-state index contributed by atoms with van der Waals surface area (Å²) in [5, 5.41) is 9.09. The number of aliphatic carboxylic acids is 1. The highest BCUT2D eigenvalue weighted by molar-refractivity contribution is 5.72. The van der Waals surface area contributed by atoms with E-state index in [1.54, 1.807) is 6.07 Å². The maximum absolute atomic E-state index is 11.1. The highest BCUT2D eigenvalue weighted by atomic mass is 16.5. The molecule has 1 aromatic carbocycles. The van der Waals surface area contributed by atoms with Crippen LogP contribution in [0.4, 0.5) is 0 Å². The number of para-hydroxylation sites is 1. The van der Waals surface area contributed by atoms with Crippen molar-refractivity contribution in [2.75, 3.05) is 0 Å². The van der Waals surface area contributed by atoms with Gasteiger partial charge in [0.05, 0.1) is 0 Å². The maximum Gasteiger partial charge on any atom is 0.344 e. The first-order valence-corrected chi connectivity index (χ1v) is 6.27. The Hall–Kier alpha value is -1.55. The van der Waals surface area contributed by atoms with E-state index in [2.05, 4.69) is 0 Å². The van der Waals surface area contributed by atoms with Crippen molar-refractivity contribution in [2.24, 2.45) is 5.73 Å². The Morgan fingerprint density at radius 2 is 2.11 bits per heavy atom. The Labute approximate surface area is 108 Å². The van der Waals surface area contributed by atoms with Gasteiger partial charge < -0.3 is 15.6 Å². The van der Waals surface area contributed by atoms with Crippen molar-refractivity contribution < 1.29 is 14.6 Å². The summed E-state index contributed by atoms with van der Waals surface area (Å²) < 4.78 is 5.59. The number of carboxylic acid groups (broad SMARTS) is 1. The van der Waals surface area contributed by atoms with E-state index in [4.69, 9.17) is 15.6 Å². The summed E-state index contributed by atoms with van der Waals surface area (Å²) in [5.74, 6) is -0.303. The van der Waals surface area contributed by atoms with Gasteiger partial charge in [-0.1, -0.05) is 31.5 Å². The Morgan fingerprint density at radius 1 is 1.44 bits per heavy atom. The molecule has 0 amide bonds. The molecule has 3 N–H and O–H groups in total. The van der Waals surface area contributed by atoms with Crippen molar-refractivity contribution in [1.82, 2.24) is 0 Å². The fourth-order valence-electron chi connectivity index (χ4n) is 1.78. The van der Waals surface area contributed by atoms with Gasteiger partial charge in [-0.2, -0.15) is 0 Å². The molecule has 0 spiro atoms. The lowest BCUT2D eigenvalue weighted by Crippen LogP contribution is -2.27. The summed E-state index contributed by atoms with van der Waals surface area (Å²) in [6, 6.07) is 7.47.